The maximum absolute atomic E-state index is 4.72. The van der Waals surface area contributed by atoms with Crippen LogP contribution < -0.4 is 0 Å². The van der Waals surface area contributed by atoms with E-state index in [0.29, 0.717) is 0 Å². The average molecular weight is 372 g/mol. The van der Waals surface area contributed by atoms with Crippen LogP contribution in [0.2, 0.25) is 0 Å². The molecule has 0 radical (unpaired) electrons. The second-order valence-corrected chi connectivity index (χ2v) is 7.24. The molecule has 29 heavy (non-hydrogen) atoms. The summed E-state index contributed by atoms with van der Waals surface area (Å²) in [5.41, 5.74) is 7.36. The van der Waals surface area contributed by atoms with Crippen LogP contribution in [0.1, 0.15) is 17.2 Å². The van der Waals surface area contributed by atoms with Crippen LogP contribution in [0.5, 0.6) is 0 Å². The highest BCUT2D eigenvalue weighted by molar-refractivity contribution is 6.03. The fourth-order valence-corrected chi connectivity index (χ4v) is 3.99. The van der Waals surface area contributed by atoms with Crippen molar-refractivity contribution in [3.05, 3.63) is 102 Å². The van der Waals surface area contributed by atoms with Gasteiger partial charge in [-0.2, -0.15) is 10.2 Å². The fourth-order valence-electron chi connectivity index (χ4n) is 3.99. The standard InChI is InChI=1S/C25H16N4/c1-2-6-22-21(5-1)23(29-28-22)18-9-7-16(8-10-18)20-14-19-12-11-17-4-3-13-26-24(17)25(19)27-15-20/h1-15,23H. The molecule has 6 rings (SSSR count). The lowest BCUT2D eigenvalue weighted by Gasteiger charge is -2.10. The number of fused-ring (bicyclic) bond motifs is 4. The van der Waals surface area contributed by atoms with Crippen LogP contribution >= 0.6 is 0 Å². The summed E-state index contributed by atoms with van der Waals surface area (Å²) in [5.74, 6) is 0. The van der Waals surface area contributed by atoms with Crippen molar-refractivity contribution in [3.8, 4) is 11.1 Å². The first kappa shape index (κ1) is 16.1. The van der Waals surface area contributed by atoms with Crippen molar-refractivity contribution in [1.82, 2.24) is 9.97 Å². The Kier molecular flexibility index (Phi) is 3.50. The molecule has 4 heteroatoms. The van der Waals surface area contributed by atoms with Gasteiger partial charge in [-0.3, -0.25) is 9.97 Å². The highest BCUT2D eigenvalue weighted by atomic mass is 15.2. The Labute approximate surface area is 167 Å². The Morgan fingerprint density at radius 1 is 0.655 bits per heavy atom. The second kappa shape index (κ2) is 6.31. The van der Waals surface area contributed by atoms with Gasteiger partial charge < -0.3 is 0 Å². The van der Waals surface area contributed by atoms with E-state index in [4.69, 9.17) is 4.98 Å². The van der Waals surface area contributed by atoms with E-state index >= 15 is 0 Å². The van der Waals surface area contributed by atoms with E-state index in [1.165, 1.54) is 0 Å². The number of hydrogen-bond donors (Lipinski definition) is 0. The molecule has 0 saturated carbocycles. The number of pyridine rings is 2. The van der Waals surface area contributed by atoms with Gasteiger partial charge in [0.2, 0.25) is 0 Å². The molecule has 136 valence electrons. The minimum Gasteiger partial charge on any atom is -0.254 e. The van der Waals surface area contributed by atoms with Crippen LogP contribution in [0, 0.1) is 0 Å². The van der Waals surface area contributed by atoms with Crippen LogP contribution in [-0.2, 0) is 0 Å². The summed E-state index contributed by atoms with van der Waals surface area (Å²) in [6.45, 7) is 0. The third-order valence-corrected chi connectivity index (χ3v) is 5.49. The molecule has 0 bridgehead atoms. The average Bonchev–Trinajstić information content (AvgIpc) is 3.23. The molecule has 0 fully saturated rings. The minimum atomic E-state index is -0.0209. The number of rotatable bonds is 2. The minimum absolute atomic E-state index is 0.0209. The van der Waals surface area contributed by atoms with Gasteiger partial charge in [-0.15, -0.1) is 0 Å². The molecule has 1 atom stereocenters. The normalized spacial score (nSPS) is 15.1. The lowest BCUT2D eigenvalue weighted by Crippen LogP contribution is -1.94. The molecule has 2 aromatic heterocycles. The Morgan fingerprint density at radius 2 is 1.48 bits per heavy atom. The second-order valence-electron chi connectivity index (χ2n) is 7.24. The SMILES string of the molecule is c1ccc2c(c1)N=NC2c1ccc(-c2cnc3c(ccc4cccnc43)c2)cc1. The van der Waals surface area contributed by atoms with E-state index in [9.17, 15) is 0 Å². The molecule has 1 aliphatic rings. The summed E-state index contributed by atoms with van der Waals surface area (Å²) >= 11 is 0. The van der Waals surface area contributed by atoms with Crippen LogP contribution in [-0.4, -0.2) is 9.97 Å². The van der Waals surface area contributed by atoms with Crippen molar-refractivity contribution in [1.29, 1.82) is 0 Å². The quantitative estimate of drug-likeness (QED) is 0.326. The van der Waals surface area contributed by atoms with Crippen molar-refractivity contribution in [2.45, 2.75) is 6.04 Å². The predicted molar refractivity (Wildman–Crippen MR) is 115 cm³/mol. The molecule has 0 saturated heterocycles. The summed E-state index contributed by atoms with van der Waals surface area (Å²) in [4.78, 5) is 9.22. The number of hydrogen-bond acceptors (Lipinski definition) is 4. The van der Waals surface area contributed by atoms with E-state index in [0.717, 1.165) is 49.7 Å². The molecule has 0 aliphatic carbocycles. The van der Waals surface area contributed by atoms with Gasteiger partial charge >= 0.3 is 0 Å². The predicted octanol–water partition coefficient (Wildman–Crippen LogP) is 6.64. The number of nitrogens with zero attached hydrogens (tertiary/aromatic N) is 4. The molecule has 1 aliphatic heterocycles. The van der Waals surface area contributed by atoms with Crippen LogP contribution in [0.15, 0.2) is 101 Å². The molecule has 3 heterocycles. The van der Waals surface area contributed by atoms with Crippen LogP contribution in [0.3, 0.4) is 0 Å². The molecule has 5 aromatic rings. The van der Waals surface area contributed by atoms with Gasteiger partial charge in [-0.1, -0.05) is 60.7 Å². The largest absolute Gasteiger partial charge is 0.254 e. The Hall–Kier alpha value is -3.92. The van der Waals surface area contributed by atoms with E-state index in [1.807, 2.05) is 36.7 Å². The molecule has 4 nitrogen and oxygen atoms in total. The molecule has 0 amide bonds. The van der Waals surface area contributed by atoms with Crippen molar-refractivity contribution in [3.63, 3.8) is 0 Å². The van der Waals surface area contributed by atoms with Gasteiger partial charge in [0.25, 0.3) is 0 Å². The summed E-state index contributed by atoms with van der Waals surface area (Å²) in [5, 5.41) is 11.0. The lowest BCUT2D eigenvalue weighted by atomic mass is 9.96. The molecular weight excluding hydrogens is 356 g/mol. The van der Waals surface area contributed by atoms with Crippen LogP contribution in [0.25, 0.3) is 32.9 Å². The lowest BCUT2D eigenvalue weighted by molar-refractivity contribution is 0.862. The Bertz CT molecular complexity index is 1400. The third-order valence-electron chi connectivity index (χ3n) is 5.49. The zero-order valence-corrected chi connectivity index (χ0v) is 15.5. The van der Waals surface area contributed by atoms with Gasteiger partial charge in [-0.05, 0) is 29.3 Å². The summed E-state index contributed by atoms with van der Waals surface area (Å²) in [6.07, 6.45) is 3.74. The maximum Gasteiger partial charge on any atom is 0.123 e. The highest BCUT2D eigenvalue weighted by Gasteiger charge is 2.21. The zero-order chi connectivity index (χ0) is 19.2. The van der Waals surface area contributed by atoms with Gasteiger partial charge in [0.15, 0.2) is 0 Å². The number of benzene rings is 3. The van der Waals surface area contributed by atoms with Crippen molar-refractivity contribution >= 4 is 27.5 Å². The summed E-state index contributed by atoms with van der Waals surface area (Å²) in [6, 6.07) is 27.0. The number of aromatic nitrogens is 2. The van der Waals surface area contributed by atoms with Gasteiger partial charge in [0.05, 0.1) is 16.7 Å². The first-order valence-corrected chi connectivity index (χ1v) is 9.60. The van der Waals surface area contributed by atoms with Gasteiger partial charge in [-0.25, -0.2) is 0 Å². The molecule has 1 unspecified atom stereocenters. The summed E-state index contributed by atoms with van der Waals surface area (Å²) in [7, 11) is 0. The van der Waals surface area contributed by atoms with E-state index in [-0.39, 0.29) is 6.04 Å². The highest BCUT2D eigenvalue weighted by Crippen LogP contribution is 2.39. The van der Waals surface area contributed by atoms with E-state index < -0.39 is 0 Å². The first-order valence-electron chi connectivity index (χ1n) is 9.60. The zero-order valence-electron chi connectivity index (χ0n) is 15.5. The molecule has 0 N–H and O–H groups in total. The smallest absolute Gasteiger partial charge is 0.123 e. The monoisotopic (exact) mass is 372 g/mol. The maximum atomic E-state index is 4.72. The van der Waals surface area contributed by atoms with Gasteiger partial charge in [0.1, 0.15) is 6.04 Å². The molecule has 3 aromatic carbocycles. The fraction of sp³-hybridized carbons (Fsp3) is 0.0400. The van der Waals surface area contributed by atoms with Crippen molar-refractivity contribution in [2.75, 3.05) is 0 Å². The third kappa shape index (κ3) is 2.61. The first-order chi connectivity index (χ1) is 14.4. The number of azo groups is 1. The Balaban J connectivity index is 1.38. The van der Waals surface area contributed by atoms with Crippen molar-refractivity contribution < 1.29 is 0 Å². The molecule has 0 spiro atoms. The molecular formula is C25H16N4. The summed E-state index contributed by atoms with van der Waals surface area (Å²) < 4.78 is 0. The topological polar surface area (TPSA) is 50.5 Å². The van der Waals surface area contributed by atoms with Crippen molar-refractivity contribution in [2.24, 2.45) is 10.2 Å². The Morgan fingerprint density at radius 3 is 2.41 bits per heavy atom. The van der Waals surface area contributed by atoms with E-state index in [2.05, 4.69) is 69.8 Å². The van der Waals surface area contributed by atoms with E-state index in [1.54, 1.807) is 0 Å². The van der Waals surface area contributed by atoms with Crippen LogP contribution in [0.4, 0.5) is 5.69 Å². The van der Waals surface area contributed by atoms with Gasteiger partial charge in [0, 0.05) is 34.3 Å².